The van der Waals surface area contributed by atoms with E-state index in [4.69, 9.17) is 10.4 Å². The number of carboxylic acid groups (broad SMARTS) is 1. The number of benzene rings is 1. The van der Waals surface area contributed by atoms with E-state index in [9.17, 15) is 9.59 Å². The molecule has 0 fully saturated rings. The predicted octanol–water partition coefficient (Wildman–Crippen LogP) is 0.869. The Morgan fingerprint density at radius 2 is 1.95 bits per heavy atom. The third kappa shape index (κ3) is 2.02. The fourth-order valence-corrected chi connectivity index (χ4v) is 1.92. The monoisotopic (exact) mass is 257 g/mol. The van der Waals surface area contributed by atoms with E-state index in [1.807, 2.05) is 0 Å². The minimum Gasteiger partial charge on any atom is -0.477 e. The van der Waals surface area contributed by atoms with Gasteiger partial charge in [0, 0.05) is 14.1 Å². The maximum atomic E-state index is 11.7. The second-order valence-electron chi connectivity index (χ2n) is 4.12. The molecule has 1 N–H and O–H groups in total. The number of carboxylic acids is 1. The standard InChI is InChI=1S/C13H11N3O3/c1-15-10-4-3-8(5-9(7-14)12(17)18)6-11(10)16(2)13(15)19/h3-6H,1-2H3,(H,17,18)/b9-5-. The van der Waals surface area contributed by atoms with Crippen molar-refractivity contribution in [3.8, 4) is 6.07 Å². The Bertz CT molecular complexity index is 803. The number of hydrogen-bond acceptors (Lipinski definition) is 3. The van der Waals surface area contributed by atoms with Crippen LogP contribution < -0.4 is 5.69 Å². The summed E-state index contributed by atoms with van der Waals surface area (Å²) < 4.78 is 2.98. The zero-order chi connectivity index (χ0) is 14.2. The van der Waals surface area contributed by atoms with Gasteiger partial charge >= 0.3 is 11.7 Å². The number of aromatic nitrogens is 2. The molecule has 1 aromatic carbocycles. The lowest BCUT2D eigenvalue weighted by molar-refractivity contribution is -0.132. The number of nitrogens with zero attached hydrogens (tertiary/aromatic N) is 3. The van der Waals surface area contributed by atoms with Crippen LogP contribution in [0.25, 0.3) is 17.1 Å². The van der Waals surface area contributed by atoms with Crippen LogP contribution in [0.1, 0.15) is 5.56 Å². The molecule has 1 aromatic heterocycles. The van der Waals surface area contributed by atoms with Gasteiger partial charge in [0.1, 0.15) is 11.6 Å². The Morgan fingerprint density at radius 1 is 1.32 bits per heavy atom. The molecule has 0 aliphatic carbocycles. The summed E-state index contributed by atoms with van der Waals surface area (Å²) in [5.74, 6) is -1.27. The average molecular weight is 257 g/mol. The summed E-state index contributed by atoms with van der Waals surface area (Å²) in [5.41, 5.74) is 1.49. The van der Waals surface area contributed by atoms with E-state index in [-0.39, 0.29) is 11.3 Å². The van der Waals surface area contributed by atoms with Gasteiger partial charge < -0.3 is 5.11 Å². The number of fused-ring (bicyclic) bond motifs is 1. The van der Waals surface area contributed by atoms with Gasteiger partial charge in [0.05, 0.1) is 11.0 Å². The molecule has 6 nitrogen and oxygen atoms in total. The van der Waals surface area contributed by atoms with Crippen molar-refractivity contribution in [1.29, 1.82) is 5.26 Å². The highest BCUT2D eigenvalue weighted by Gasteiger charge is 2.09. The number of hydrogen-bond donors (Lipinski definition) is 1. The molecule has 0 amide bonds. The van der Waals surface area contributed by atoms with Crippen molar-refractivity contribution in [3.63, 3.8) is 0 Å². The number of rotatable bonds is 2. The van der Waals surface area contributed by atoms with Crippen LogP contribution in [0, 0.1) is 11.3 Å². The first-order valence-electron chi connectivity index (χ1n) is 5.46. The van der Waals surface area contributed by atoms with Crippen LogP contribution >= 0.6 is 0 Å². The van der Waals surface area contributed by atoms with Crippen LogP contribution in [-0.2, 0) is 18.9 Å². The van der Waals surface area contributed by atoms with E-state index >= 15 is 0 Å². The first kappa shape index (κ1) is 12.6. The lowest BCUT2D eigenvalue weighted by atomic mass is 10.1. The van der Waals surface area contributed by atoms with Crippen LogP contribution in [0.4, 0.5) is 0 Å². The van der Waals surface area contributed by atoms with E-state index in [2.05, 4.69) is 0 Å². The molecule has 0 aliphatic heterocycles. The Hall–Kier alpha value is -2.81. The van der Waals surface area contributed by atoms with Gasteiger partial charge in [-0.25, -0.2) is 9.59 Å². The molecule has 6 heteroatoms. The van der Waals surface area contributed by atoms with Crippen molar-refractivity contribution in [2.45, 2.75) is 0 Å². The Kier molecular flexibility index (Phi) is 2.97. The summed E-state index contributed by atoms with van der Waals surface area (Å²) in [4.78, 5) is 22.5. The molecule has 0 spiro atoms. The van der Waals surface area contributed by atoms with E-state index in [1.165, 1.54) is 15.2 Å². The van der Waals surface area contributed by atoms with E-state index in [0.717, 1.165) is 5.52 Å². The van der Waals surface area contributed by atoms with Crippen LogP contribution in [-0.4, -0.2) is 20.2 Å². The fraction of sp³-hybridized carbons (Fsp3) is 0.154. The normalized spacial score (nSPS) is 11.5. The van der Waals surface area contributed by atoms with Crippen molar-refractivity contribution in [1.82, 2.24) is 9.13 Å². The predicted molar refractivity (Wildman–Crippen MR) is 69.4 cm³/mol. The van der Waals surface area contributed by atoms with E-state index < -0.39 is 5.97 Å². The van der Waals surface area contributed by atoms with Gasteiger partial charge in [-0.15, -0.1) is 0 Å². The highest BCUT2D eigenvalue weighted by atomic mass is 16.4. The van der Waals surface area contributed by atoms with E-state index in [0.29, 0.717) is 11.1 Å². The fourth-order valence-electron chi connectivity index (χ4n) is 1.92. The quantitative estimate of drug-likeness (QED) is 0.638. The summed E-state index contributed by atoms with van der Waals surface area (Å²) in [6, 6.07) is 6.69. The summed E-state index contributed by atoms with van der Waals surface area (Å²) in [7, 11) is 3.30. The summed E-state index contributed by atoms with van der Waals surface area (Å²) in [5, 5.41) is 17.5. The molecule has 96 valence electrons. The molecule has 0 saturated heterocycles. The number of aryl methyl sites for hydroxylation is 2. The second-order valence-corrected chi connectivity index (χ2v) is 4.12. The van der Waals surface area contributed by atoms with Crippen molar-refractivity contribution < 1.29 is 9.90 Å². The molecule has 0 unspecified atom stereocenters. The summed E-state index contributed by atoms with van der Waals surface area (Å²) in [6.45, 7) is 0. The number of aliphatic carboxylic acids is 1. The zero-order valence-corrected chi connectivity index (χ0v) is 10.4. The van der Waals surface area contributed by atoms with Gasteiger partial charge in [-0.2, -0.15) is 5.26 Å². The van der Waals surface area contributed by atoms with Gasteiger partial charge in [-0.3, -0.25) is 9.13 Å². The molecule has 1 heterocycles. The maximum absolute atomic E-state index is 11.7. The molecule has 2 aromatic rings. The largest absolute Gasteiger partial charge is 0.477 e. The first-order valence-corrected chi connectivity index (χ1v) is 5.46. The van der Waals surface area contributed by atoms with Gasteiger partial charge in [-0.1, -0.05) is 6.07 Å². The molecule has 0 radical (unpaired) electrons. The minimum absolute atomic E-state index is 0.158. The van der Waals surface area contributed by atoms with Crippen LogP contribution in [0.3, 0.4) is 0 Å². The maximum Gasteiger partial charge on any atom is 0.346 e. The second kappa shape index (κ2) is 4.46. The number of imidazole rings is 1. The first-order chi connectivity index (χ1) is 8.95. The molecule has 19 heavy (non-hydrogen) atoms. The van der Waals surface area contributed by atoms with Crippen LogP contribution in [0.5, 0.6) is 0 Å². The smallest absolute Gasteiger partial charge is 0.346 e. The van der Waals surface area contributed by atoms with E-state index in [1.54, 1.807) is 38.4 Å². The van der Waals surface area contributed by atoms with Crippen molar-refractivity contribution in [2.75, 3.05) is 0 Å². The highest BCUT2D eigenvalue weighted by molar-refractivity contribution is 5.97. The van der Waals surface area contributed by atoms with Gasteiger partial charge in [0.2, 0.25) is 0 Å². The molecule has 0 atom stereocenters. The summed E-state index contributed by atoms with van der Waals surface area (Å²) >= 11 is 0. The summed E-state index contributed by atoms with van der Waals surface area (Å²) in [6.07, 6.45) is 1.28. The Morgan fingerprint density at radius 3 is 2.53 bits per heavy atom. The molecular weight excluding hydrogens is 246 g/mol. The van der Waals surface area contributed by atoms with Crippen molar-refractivity contribution in [3.05, 3.63) is 39.8 Å². The third-order valence-electron chi connectivity index (χ3n) is 2.96. The van der Waals surface area contributed by atoms with Crippen molar-refractivity contribution >= 4 is 23.1 Å². The lowest BCUT2D eigenvalue weighted by Gasteiger charge is -1.98. The van der Waals surface area contributed by atoms with Crippen LogP contribution in [0.2, 0.25) is 0 Å². The highest BCUT2D eigenvalue weighted by Crippen LogP contribution is 2.16. The Labute approximate surface area is 108 Å². The zero-order valence-electron chi connectivity index (χ0n) is 10.4. The minimum atomic E-state index is -1.27. The van der Waals surface area contributed by atoms with Gasteiger partial charge in [-0.05, 0) is 23.8 Å². The van der Waals surface area contributed by atoms with Gasteiger partial charge in [0.15, 0.2) is 0 Å². The lowest BCUT2D eigenvalue weighted by Crippen LogP contribution is -2.19. The molecular formula is C13H11N3O3. The number of nitriles is 1. The topological polar surface area (TPSA) is 88.0 Å². The average Bonchev–Trinajstić information content (AvgIpc) is 2.61. The van der Waals surface area contributed by atoms with Gasteiger partial charge in [0.25, 0.3) is 0 Å². The SMILES string of the molecule is Cn1c(=O)n(C)c2cc(/C=C(/C#N)C(=O)O)ccc21. The molecule has 0 bridgehead atoms. The van der Waals surface area contributed by atoms with Crippen molar-refractivity contribution in [2.24, 2.45) is 14.1 Å². The third-order valence-corrected chi connectivity index (χ3v) is 2.96. The number of carbonyl (C=O) groups is 1. The molecule has 2 rings (SSSR count). The molecule has 0 saturated carbocycles. The van der Waals surface area contributed by atoms with Crippen LogP contribution in [0.15, 0.2) is 28.6 Å². The Balaban J connectivity index is 2.67. The molecule has 0 aliphatic rings.